The van der Waals surface area contributed by atoms with E-state index in [1.54, 1.807) is 6.07 Å². The molecule has 3 heteroatoms. The number of ether oxygens (including phenoxy) is 1. The molecular formula is C12H14BrFO. The topological polar surface area (TPSA) is 9.23 Å². The van der Waals surface area contributed by atoms with Gasteiger partial charge >= 0.3 is 0 Å². The van der Waals surface area contributed by atoms with Gasteiger partial charge in [0.05, 0.1) is 6.61 Å². The van der Waals surface area contributed by atoms with Gasteiger partial charge in [0.25, 0.3) is 0 Å². The van der Waals surface area contributed by atoms with Gasteiger partial charge in [-0.1, -0.05) is 28.4 Å². The van der Waals surface area contributed by atoms with Crippen LogP contribution < -0.4 is 4.74 Å². The molecule has 0 bridgehead atoms. The zero-order valence-electron chi connectivity index (χ0n) is 8.51. The molecule has 0 aromatic heterocycles. The van der Waals surface area contributed by atoms with E-state index in [1.807, 2.05) is 6.07 Å². The Morgan fingerprint density at radius 1 is 1.40 bits per heavy atom. The van der Waals surface area contributed by atoms with Crippen molar-refractivity contribution >= 4 is 15.9 Å². The summed E-state index contributed by atoms with van der Waals surface area (Å²) in [4.78, 5) is 0. The minimum absolute atomic E-state index is 0.258. The van der Waals surface area contributed by atoms with Gasteiger partial charge in [-0.2, -0.15) is 0 Å². The Balaban J connectivity index is 1.95. The van der Waals surface area contributed by atoms with E-state index in [1.165, 1.54) is 25.3 Å². The third kappa shape index (κ3) is 2.71. The van der Waals surface area contributed by atoms with E-state index in [0.29, 0.717) is 23.6 Å². The molecule has 15 heavy (non-hydrogen) atoms. The Morgan fingerprint density at radius 2 is 2.20 bits per heavy atom. The minimum atomic E-state index is -0.258. The van der Waals surface area contributed by atoms with Crippen molar-refractivity contribution in [3.63, 3.8) is 0 Å². The second-order valence-corrected chi connectivity index (χ2v) is 4.57. The van der Waals surface area contributed by atoms with Gasteiger partial charge < -0.3 is 4.74 Å². The van der Waals surface area contributed by atoms with Crippen LogP contribution in [0.3, 0.4) is 0 Å². The molecule has 0 aliphatic heterocycles. The number of rotatable bonds is 4. The second-order valence-electron chi connectivity index (χ2n) is 4.01. The van der Waals surface area contributed by atoms with Crippen LogP contribution in [0.1, 0.15) is 24.8 Å². The maximum absolute atomic E-state index is 13.5. The van der Waals surface area contributed by atoms with Gasteiger partial charge in [-0.05, 0) is 36.5 Å². The Morgan fingerprint density at radius 3 is 2.73 bits per heavy atom. The summed E-state index contributed by atoms with van der Waals surface area (Å²) in [5, 5.41) is 0.673. The lowest BCUT2D eigenvalue weighted by Crippen LogP contribution is -2.19. The van der Waals surface area contributed by atoms with Gasteiger partial charge in [-0.3, -0.25) is 0 Å². The first-order chi connectivity index (χ1) is 7.29. The molecule has 1 aromatic rings. The van der Waals surface area contributed by atoms with E-state index in [9.17, 15) is 4.39 Å². The highest BCUT2D eigenvalue weighted by molar-refractivity contribution is 9.08. The largest absolute Gasteiger partial charge is 0.490 e. The number of hydrogen-bond acceptors (Lipinski definition) is 1. The molecule has 1 aliphatic carbocycles. The zero-order valence-corrected chi connectivity index (χ0v) is 10.1. The highest BCUT2D eigenvalue weighted by atomic mass is 79.9. The van der Waals surface area contributed by atoms with Crippen molar-refractivity contribution in [1.29, 1.82) is 0 Å². The van der Waals surface area contributed by atoms with Gasteiger partial charge in [-0.15, -0.1) is 0 Å². The average molecular weight is 273 g/mol. The standard InChI is InChI=1S/C12H14BrFO/c13-7-10-4-5-12(11(14)6-10)15-8-9-2-1-3-9/h4-6,9H,1-3,7-8H2. The first-order valence-electron chi connectivity index (χ1n) is 5.27. The normalized spacial score (nSPS) is 16.1. The Bertz CT molecular complexity index is 336. The van der Waals surface area contributed by atoms with Crippen LogP contribution in [0.2, 0.25) is 0 Å². The first kappa shape index (κ1) is 10.9. The summed E-state index contributed by atoms with van der Waals surface area (Å²) in [6.07, 6.45) is 3.74. The molecule has 82 valence electrons. The lowest BCUT2D eigenvalue weighted by Gasteiger charge is -2.25. The summed E-state index contributed by atoms with van der Waals surface area (Å²) in [7, 11) is 0. The van der Waals surface area contributed by atoms with Crippen molar-refractivity contribution in [3.8, 4) is 5.75 Å². The van der Waals surface area contributed by atoms with Gasteiger partial charge in [0.2, 0.25) is 0 Å². The summed E-state index contributed by atoms with van der Waals surface area (Å²) in [5.74, 6) is 0.762. The lowest BCUT2D eigenvalue weighted by atomic mass is 9.86. The fourth-order valence-electron chi connectivity index (χ4n) is 1.61. The Kier molecular flexibility index (Phi) is 3.62. The second kappa shape index (κ2) is 4.97. The molecule has 0 radical (unpaired) electrons. The summed E-state index contributed by atoms with van der Waals surface area (Å²) in [6, 6.07) is 5.11. The van der Waals surface area contributed by atoms with Crippen molar-refractivity contribution in [2.75, 3.05) is 6.61 Å². The Hall–Kier alpha value is -0.570. The van der Waals surface area contributed by atoms with Gasteiger partial charge in [0.1, 0.15) is 0 Å². The first-order valence-corrected chi connectivity index (χ1v) is 6.39. The molecule has 1 aromatic carbocycles. The predicted molar refractivity (Wildman–Crippen MR) is 61.9 cm³/mol. The fourth-order valence-corrected chi connectivity index (χ4v) is 1.96. The monoisotopic (exact) mass is 272 g/mol. The molecule has 0 spiro atoms. The van der Waals surface area contributed by atoms with Gasteiger partial charge in [0, 0.05) is 5.33 Å². The van der Waals surface area contributed by atoms with Crippen LogP contribution in [0.5, 0.6) is 5.75 Å². The predicted octanol–water partition coefficient (Wildman–Crippen LogP) is 3.90. The fraction of sp³-hybridized carbons (Fsp3) is 0.500. The van der Waals surface area contributed by atoms with E-state index in [0.717, 1.165) is 5.56 Å². The number of alkyl halides is 1. The molecule has 1 nitrogen and oxygen atoms in total. The molecular weight excluding hydrogens is 259 g/mol. The SMILES string of the molecule is Fc1cc(CBr)ccc1OCC1CCC1. The molecule has 0 saturated heterocycles. The van der Waals surface area contributed by atoms with Crippen LogP contribution in [-0.2, 0) is 5.33 Å². The summed E-state index contributed by atoms with van der Waals surface area (Å²) in [5.41, 5.74) is 0.934. The van der Waals surface area contributed by atoms with E-state index in [-0.39, 0.29) is 5.82 Å². The number of hydrogen-bond donors (Lipinski definition) is 0. The van der Waals surface area contributed by atoms with Crippen molar-refractivity contribution in [1.82, 2.24) is 0 Å². The van der Waals surface area contributed by atoms with E-state index >= 15 is 0 Å². The number of benzene rings is 1. The zero-order chi connectivity index (χ0) is 10.7. The summed E-state index contributed by atoms with van der Waals surface area (Å²) < 4.78 is 18.9. The maximum Gasteiger partial charge on any atom is 0.165 e. The molecule has 2 rings (SSSR count). The van der Waals surface area contributed by atoms with Crippen molar-refractivity contribution < 1.29 is 9.13 Å². The molecule has 0 heterocycles. The van der Waals surface area contributed by atoms with E-state index < -0.39 is 0 Å². The third-order valence-electron chi connectivity index (χ3n) is 2.85. The smallest absolute Gasteiger partial charge is 0.165 e. The van der Waals surface area contributed by atoms with Crippen molar-refractivity contribution in [2.45, 2.75) is 24.6 Å². The molecule has 0 atom stereocenters. The Labute approximate surface area is 97.8 Å². The maximum atomic E-state index is 13.5. The van der Waals surface area contributed by atoms with Crippen LogP contribution in [0, 0.1) is 11.7 Å². The van der Waals surface area contributed by atoms with E-state index in [4.69, 9.17) is 4.74 Å². The quantitative estimate of drug-likeness (QED) is 0.756. The van der Waals surface area contributed by atoms with Crippen molar-refractivity contribution in [3.05, 3.63) is 29.6 Å². The van der Waals surface area contributed by atoms with Crippen molar-refractivity contribution in [2.24, 2.45) is 5.92 Å². The van der Waals surface area contributed by atoms with Crippen LogP contribution in [0.15, 0.2) is 18.2 Å². The van der Waals surface area contributed by atoms with Crippen LogP contribution in [0.25, 0.3) is 0 Å². The molecule has 1 aliphatic rings. The highest BCUT2D eigenvalue weighted by Crippen LogP contribution is 2.28. The summed E-state index contributed by atoms with van der Waals surface area (Å²) in [6.45, 7) is 0.657. The molecule has 1 fully saturated rings. The molecule has 0 amide bonds. The van der Waals surface area contributed by atoms with Crippen LogP contribution >= 0.6 is 15.9 Å². The lowest BCUT2D eigenvalue weighted by molar-refractivity contribution is 0.175. The van der Waals surface area contributed by atoms with Crippen LogP contribution in [0.4, 0.5) is 4.39 Å². The molecule has 1 saturated carbocycles. The molecule has 0 N–H and O–H groups in total. The average Bonchev–Trinajstić information content (AvgIpc) is 2.18. The van der Waals surface area contributed by atoms with Crippen LogP contribution in [-0.4, -0.2) is 6.61 Å². The molecule has 0 unspecified atom stereocenters. The summed E-state index contributed by atoms with van der Waals surface area (Å²) >= 11 is 3.29. The van der Waals surface area contributed by atoms with E-state index in [2.05, 4.69) is 15.9 Å². The van der Waals surface area contributed by atoms with Gasteiger partial charge in [-0.25, -0.2) is 4.39 Å². The highest BCUT2D eigenvalue weighted by Gasteiger charge is 2.18. The van der Waals surface area contributed by atoms with Gasteiger partial charge in [0.15, 0.2) is 11.6 Å². The number of halogens is 2. The third-order valence-corrected chi connectivity index (χ3v) is 3.50. The minimum Gasteiger partial charge on any atom is -0.490 e.